The Morgan fingerprint density at radius 1 is 1.21 bits per heavy atom. The van der Waals surface area contributed by atoms with Crippen LogP contribution in [0.15, 0.2) is 40.9 Å². The van der Waals surface area contributed by atoms with E-state index < -0.39 is 5.82 Å². The lowest BCUT2D eigenvalue weighted by Crippen LogP contribution is -2.04. The number of halogens is 2. The first-order chi connectivity index (χ1) is 9.02. The number of ether oxygens (including phenoxy) is 1. The molecule has 0 fully saturated rings. The molecule has 0 N–H and O–H groups in total. The average molecular weight is 323 g/mol. The Bertz CT molecular complexity index is 638. The Labute approximate surface area is 119 Å². The summed E-state index contributed by atoms with van der Waals surface area (Å²) >= 11 is 3.08. The first-order valence-electron chi connectivity index (χ1n) is 5.67. The van der Waals surface area contributed by atoms with Gasteiger partial charge in [-0.25, -0.2) is 4.39 Å². The molecule has 0 radical (unpaired) electrons. The fourth-order valence-electron chi connectivity index (χ4n) is 1.79. The summed E-state index contributed by atoms with van der Waals surface area (Å²) < 4.78 is 18.7. The summed E-state index contributed by atoms with van der Waals surface area (Å²) in [5, 5.41) is 0. The van der Waals surface area contributed by atoms with Crippen molar-refractivity contribution in [2.24, 2.45) is 0 Å². The average Bonchev–Trinajstić information content (AvgIpc) is 2.41. The maximum atomic E-state index is 13.2. The second-order valence-electron chi connectivity index (χ2n) is 4.16. The maximum Gasteiger partial charge on any atom is 0.196 e. The number of carbonyl (C=O) groups is 1. The lowest BCUT2D eigenvalue weighted by molar-refractivity contribution is 0.103. The van der Waals surface area contributed by atoms with Crippen LogP contribution in [-0.2, 0) is 0 Å². The smallest absolute Gasteiger partial charge is 0.196 e. The molecule has 0 heterocycles. The lowest BCUT2D eigenvalue weighted by atomic mass is 10.0. The summed E-state index contributed by atoms with van der Waals surface area (Å²) in [6.45, 7) is 1.90. The number of methoxy groups -OCH3 is 1. The van der Waals surface area contributed by atoms with Crippen LogP contribution in [0.1, 0.15) is 21.5 Å². The van der Waals surface area contributed by atoms with Crippen molar-refractivity contribution in [3.8, 4) is 5.75 Å². The molecule has 0 unspecified atom stereocenters. The standard InChI is InChI=1S/C15H12BrFO2/c1-9-3-6-14(19-2)11(7-9)15(18)10-4-5-13(17)12(16)8-10/h3-8H,1-2H3. The molecule has 0 bridgehead atoms. The van der Waals surface area contributed by atoms with Gasteiger partial charge in [-0.05, 0) is 53.2 Å². The van der Waals surface area contributed by atoms with Crippen molar-refractivity contribution in [2.75, 3.05) is 7.11 Å². The van der Waals surface area contributed by atoms with E-state index in [1.807, 2.05) is 13.0 Å². The van der Waals surface area contributed by atoms with Crippen LogP contribution in [0.4, 0.5) is 4.39 Å². The van der Waals surface area contributed by atoms with Gasteiger partial charge in [-0.1, -0.05) is 11.6 Å². The molecular formula is C15H12BrFO2. The van der Waals surface area contributed by atoms with Crippen LogP contribution in [0.25, 0.3) is 0 Å². The third-order valence-corrected chi connectivity index (χ3v) is 3.39. The van der Waals surface area contributed by atoms with Gasteiger partial charge < -0.3 is 4.74 Å². The van der Waals surface area contributed by atoms with E-state index in [-0.39, 0.29) is 10.3 Å². The summed E-state index contributed by atoms with van der Waals surface area (Å²) in [6.07, 6.45) is 0. The Morgan fingerprint density at radius 3 is 2.58 bits per heavy atom. The van der Waals surface area contributed by atoms with E-state index in [1.165, 1.54) is 25.3 Å². The normalized spacial score (nSPS) is 10.3. The Morgan fingerprint density at radius 2 is 1.95 bits per heavy atom. The topological polar surface area (TPSA) is 26.3 Å². The molecule has 2 rings (SSSR count). The quantitative estimate of drug-likeness (QED) is 0.794. The van der Waals surface area contributed by atoms with E-state index in [0.717, 1.165) is 5.56 Å². The number of benzene rings is 2. The van der Waals surface area contributed by atoms with Gasteiger partial charge in [0.2, 0.25) is 0 Å². The predicted octanol–water partition coefficient (Wildman–Crippen LogP) is 4.14. The molecular weight excluding hydrogens is 311 g/mol. The molecule has 0 aliphatic heterocycles. The van der Waals surface area contributed by atoms with Gasteiger partial charge in [0.1, 0.15) is 11.6 Å². The van der Waals surface area contributed by atoms with Crippen molar-refractivity contribution in [2.45, 2.75) is 6.92 Å². The fourth-order valence-corrected chi connectivity index (χ4v) is 2.17. The second kappa shape index (κ2) is 5.53. The molecule has 0 amide bonds. The van der Waals surface area contributed by atoms with Gasteiger partial charge in [-0.3, -0.25) is 4.79 Å². The molecule has 0 aliphatic rings. The fraction of sp³-hybridized carbons (Fsp3) is 0.133. The van der Waals surface area contributed by atoms with Gasteiger partial charge in [-0.15, -0.1) is 0 Å². The van der Waals surface area contributed by atoms with Gasteiger partial charge in [-0.2, -0.15) is 0 Å². The zero-order valence-corrected chi connectivity index (χ0v) is 12.1. The van der Waals surface area contributed by atoms with Crippen molar-refractivity contribution < 1.29 is 13.9 Å². The van der Waals surface area contributed by atoms with E-state index in [2.05, 4.69) is 15.9 Å². The minimum Gasteiger partial charge on any atom is -0.496 e. The lowest BCUT2D eigenvalue weighted by Gasteiger charge is -2.09. The zero-order valence-electron chi connectivity index (χ0n) is 10.5. The van der Waals surface area contributed by atoms with Crippen LogP contribution in [0.5, 0.6) is 5.75 Å². The van der Waals surface area contributed by atoms with Crippen molar-refractivity contribution in [1.29, 1.82) is 0 Å². The maximum absolute atomic E-state index is 13.2. The molecule has 4 heteroatoms. The molecule has 0 atom stereocenters. The molecule has 0 aliphatic carbocycles. The number of hydrogen-bond acceptors (Lipinski definition) is 2. The molecule has 0 aromatic heterocycles. The molecule has 0 saturated heterocycles. The highest BCUT2D eigenvalue weighted by Crippen LogP contribution is 2.25. The largest absolute Gasteiger partial charge is 0.496 e. The molecule has 98 valence electrons. The summed E-state index contributed by atoms with van der Waals surface area (Å²) in [6, 6.07) is 9.58. The second-order valence-corrected chi connectivity index (χ2v) is 5.02. The highest BCUT2D eigenvalue weighted by atomic mass is 79.9. The van der Waals surface area contributed by atoms with Crippen LogP contribution < -0.4 is 4.74 Å². The molecule has 2 aromatic rings. The molecule has 0 saturated carbocycles. The van der Waals surface area contributed by atoms with Crippen molar-refractivity contribution in [3.63, 3.8) is 0 Å². The molecule has 0 spiro atoms. The van der Waals surface area contributed by atoms with E-state index >= 15 is 0 Å². The number of hydrogen-bond donors (Lipinski definition) is 0. The van der Waals surface area contributed by atoms with Crippen molar-refractivity contribution >= 4 is 21.7 Å². The number of ketones is 1. The van der Waals surface area contributed by atoms with E-state index in [9.17, 15) is 9.18 Å². The molecule has 19 heavy (non-hydrogen) atoms. The van der Waals surface area contributed by atoms with Gasteiger partial charge in [0.15, 0.2) is 5.78 Å². The third-order valence-electron chi connectivity index (χ3n) is 2.78. The van der Waals surface area contributed by atoms with Crippen molar-refractivity contribution in [1.82, 2.24) is 0 Å². The van der Waals surface area contributed by atoms with Gasteiger partial charge >= 0.3 is 0 Å². The zero-order chi connectivity index (χ0) is 14.0. The summed E-state index contributed by atoms with van der Waals surface area (Å²) in [5.74, 6) is -0.0787. The Hall–Kier alpha value is -1.68. The number of rotatable bonds is 3. The predicted molar refractivity (Wildman–Crippen MR) is 75.3 cm³/mol. The van der Waals surface area contributed by atoms with Gasteiger partial charge in [0, 0.05) is 5.56 Å². The van der Waals surface area contributed by atoms with Gasteiger partial charge in [0.05, 0.1) is 17.1 Å². The van der Waals surface area contributed by atoms with Crippen LogP contribution in [-0.4, -0.2) is 12.9 Å². The number of aryl methyl sites for hydroxylation is 1. The van der Waals surface area contributed by atoms with Crippen LogP contribution in [0.2, 0.25) is 0 Å². The summed E-state index contributed by atoms with van der Waals surface area (Å²) in [5.41, 5.74) is 1.85. The molecule has 2 aromatic carbocycles. The Kier molecular flexibility index (Phi) is 4.00. The van der Waals surface area contributed by atoms with E-state index in [1.54, 1.807) is 12.1 Å². The Balaban J connectivity index is 2.49. The van der Waals surface area contributed by atoms with Crippen LogP contribution >= 0.6 is 15.9 Å². The van der Waals surface area contributed by atoms with Crippen LogP contribution in [0, 0.1) is 12.7 Å². The van der Waals surface area contributed by atoms with E-state index in [0.29, 0.717) is 16.9 Å². The molecule has 2 nitrogen and oxygen atoms in total. The minimum absolute atomic E-state index is 0.193. The van der Waals surface area contributed by atoms with E-state index in [4.69, 9.17) is 4.74 Å². The summed E-state index contributed by atoms with van der Waals surface area (Å²) in [4.78, 5) is 12.4. The monoisotopic (exact) mass is 322 g/mol. The number of carbonyl (C=O) groups excluding carboxylic acids is 1. The first kappa shape index (κ1) is 13.7. The summed E-state index contributed by atoms with van der Waals surface area (Å²) in [7, 11) is 1.52. The highest BCUT2D eigenvalue weighted by Gasteiger charge is 2.15. The highest BCUT2D eigenvalue weighted by molar-refractivity contribution is 9.10. The minimum atomic E-state index is -0.396. The third kappa shape index (κ3) is 2.84. The van der Waals surface area contributed by atoms with Crippen LogP contribution in [0.3, 0.4) is 0 Å². The first-order valence-corrected chi connectivity index (χ1v) is 6.46. The van der Waals surface area contributed by atoms with Gasteiger partial charge in [0.25, 0.3) is 0 Å². The SMILES string of the molecule is COc1ccc(C)cc1C(=O)c1ccc(F)c(Br)c1. The van der Waals surface area contributed by atoms with Crippen molar-refractivity contribution in [3.05, 3.63) is 63.4 Å².